The Morgan fingerprint density at radius 2 is 2.17 bits per heavy atom. The SMILES string of the molecule is CC(CC(=O)Nc1ccc2c(c1)NC(=O)CS2)C1CCNCC1. The average molecular weight is 333 g/mol. The molecule has 0 radical (unpaired) electrons. The van der Waals surface area contributed by atoms with Crippen LogP contribution in [0.3, 0.4) is 0 Å². The highest BCUT2D eigenvalue weighted by molar-refractivity contribution is 8.00. The Morgan fingerprint density at radius 3 is 2.96 bits per heavy atom. The van der Waals surface area contributed by atoms with Gasteiger partial charge in [0.15, 0.2) is 0 Å². The maximum absolute atomic E-state index is 12.3. The highest BCUT2D eigenvalue weighted by atomic mass is 32.2. The van der Waals surface area contributed by atoms with E-state index in [4.69, 9.17) is 0 Å². The van der Waals surface area contributed by atoms with Crippen LogP contribution in [-0.2, 0) is 9.59 Å². The molecule has 1 atom stereocenters. The fourth-order valence-corrected chi connectivity index (χ4v) is 4.03. The molecule has 3 rings (SSSR count). The molecule has 0 aliphatic carbocycles. The molecular weight excluding hydrogens is 310 g/mol. The minimum atomic E-state index is 0.00510. The molecule has 0 saturated carbocycles. The van der Waals surface area contributed by atoms with Crippen molar-refractivity contribution in [2.75, 3.05) is 29.5 Å². The van der Waals surface area contributed by atoms with Crippen LogP contribution in [0.15, 0.2) is 23.1 Å². The van der Waals surface area contributed by atoms with Crippen molar-refractivity contribution in [1.82, 2.24) is 5.32 Å². The molecule has 1 aromatic rings. The average Bonchev–Trinajstić information content (AvgIpc) is 2.55. The van der Waals surface area contributed by atoms with Crippen molar-refractivity contribution in [2.24, 2.45) is 11.8 Å². The van der Waals surface area contributed by atoms with E-state index in [0.29, 0.717) is 24.0 Å². The van der Waals surface area contributed by atoms with Gasteiger partial charge in [-0.1, -0.05) is 6.92 Å². The zero-order chi connectivity index (χ0) is 16.2. The van der Waals surface area contributed by atoms with Crippen molar-refractivity contribution in [2.45, 2.75) is 31.1 Å². The van der Waals surface area contributed by atoms with Crippen molar-refractivity contribution in [1.29, 1.82) is 0 Å². The summed E-state index contributed by atoms with van der Waals surface area (Å²) in [6.45, 7) is 4.27. The first-order valence-corrected chi connectivity index (χ1v) is 9.17. The zero-order valence-electron chi connectivity index (χ0n) is 13.4. The molecule has 0 bridgehead atoms. The second-order valence-corrected chi connectivity index (χ2v) is 7.38. The summed E-state index contributed by atoms with van der Waals surface area (Å²) in [6, 6.07) is 5.69. The fourth-order valence-electron chi connectivity index (χ4n) is 3.25. The highest BCUT2D eigenvalue weighted by Crippen LogP contribution is 2.33. The molecular formula is C17H23N3O2S. The molecule has 1 fully saturated rings. The van der Waals surface area contributed by atoms with Crippen LogP contribution in [0.5, 0.6) is 0 Å². The van der Waals surface area contributed by atoms with E-state index in [1.54, 1.807) is 0 Å². The predicted molar refractivity (Wildman–Crippen MR) is 93.8 cm³/mol. The van der Waals surface area contributed by atoms with Crippen molar-refractivity contribution < 1.29 is 9.59 Å². The first-order valence-electron chi connectivity index (χ1n) is 8.19. The van der Waals surface area contributed by atoms with Gasteiger partial charge in [-0.15, -0.1) is 11.8 Å². The number of anilines is 2. The van der Waals surface area contributed by atoms with Crippen molar-refractivity contribution in [3.63, 3.8) is 0 Å². The number of hydrogen-bond donors (Lipinski definition) is 3. The van der Waals surface area contributed by atoms with E-state index in [2.05, 4.69) is 22.9 Å². The van der Waals surface area contributed by atoms with E-state index in [1.807, 2.05) is 18.2 Å². The summed E-state index contributed by atoms with van der Waals surface area (Å²) in [5, 5.41) is 9.17. The van der Waals surface area contributed by atoms with Crippen molar-refractivity contribution in [3.05, 3.63) is 18.2 Å². The summed E-state index contributed by atoms with van der Waals surface area (Å²) in [4.78, 5) is 24.8. The minimum absolute atomic E-state index is 0.00510. The molecule has 1 saturated heterocycles. The second kappa shape index (κ2) is 7.36. The van der Waals surface area contributed by atoms with Gasteiger partial charge < -0.3 is 16.0 Å². The third-order valence-electron chi connectivity index (χ3n) is 4.59. The van der Waals surface area contributed by atoms with Gasteiger partial charge in [0.1, 0.15) is 0 Å². The first-order chi connectivity index (χ1) is 11.1. The van der Waals surface area contributed by atoms with Crippen molar-refractivity contribution >= 4 is 35.0 Å². The number of nitrogens with one attached hydrogen (secondary N) is 3. The van der Waals surface area contributed by atoms with Crippen LogP contribution in [0.4, 0.5) is 11.4 Å². The fraction of sp³-hybridized carbons (Fsp3) is 0.529. The van der Waals surface area contributed by atoms with Crippen molar-refractivity contribution in [3.8, 4) is 0 Å². The minimum Gasteiger partial charge on any atom is -0.326 e. The van der Waals surface area contributed by atoms with Crippen LogP contribution >= 0.6 is 11.8 Å². The van der Waals surface area contributed by atoms with Gasteiger partial charge in [0.2, 0.25) is 11.8 Å². The van der Waals surface area contributed by atoms with E-state index in [9.17, 15) is 9.59 Å². The number of rotatable bonds is 4. The van der Waals surface area contributed by atoms with Gasteiger partial charge in [0, 0.05) is 17.0 Å². The molecule has 0 aromatic heterocycles. The normalized spacial score (nSPS) is 19.6. The summed E-state index contributed by atoms with van der Waals surface area (Å²) in [5.41, 5.74) is 1.53. The Hall–Kier alpha value is -1.53. The molecule has 2 aliphatic heterocycles. The molecule has 23 heavy (non-hydrogen) atoms. The van der Waals surface area contributed by atoms with Gasteiger partial charge in [0.25, 0.3) is 0 Å². The largest absolute Gasteiger partial charge is 0.326 e. The summed E-state index contributed by atoms with van der Waals surface area (Å²) < 4.78 is 0. The van der Waals surface area contributed by atoms with E-state index >= 15 is 0 Å². The van der Waals surface area contributed by atoms with Gasteiger partial charge in [0.05, 0.1) is 11.4 Å². The van der Waals surface area contributed by atoms with Gasteiger partial charge in [-0.25, -0.2) is 0 Å². The molecule has 2 amide bonds. The third-order valence-corrected chi connectivity index (χ3v) is 5.67. The number of hydrogen-bond acceptors (Lipinski definition) is 4. The molecule has 1 unspecified atom stereocenters. The summed E-state index contributed by atoms with van der Waals surface area (Å²) in [5.74, 6) is 1.52. The molecule has 124 valence electrons. The highest BCUT2D eigenvalue weighted by Gasteiger charge is 2.22. The topological polar surface area (TPSA) is 70.2 Å². The number of carbonyl (C=O) groups is 2. The molecule has 3 N–H and O–H groups in total. The zero-order valence-corrected chi connectivity index (χ0v) is 14.2. The van der Waals surface area contributed by atoms with Crippen LogP contribution < -0.4 is 16.0 Å². The van der Waals surface area contributed by atoms with Crippen LogP contribution in [0, 0.1) is 11.8 Å². The maximum atomic E-state index is 12.3. The monoisotopic (exact) mass is 333 g/mol. The molecule has 2 heterocycles. The lowest BCUT2D eigenvalue weighted by Crippen LogP contribution is -2.32. The van der Waals surface area contributed by atoms with E-state index in [-0.39, 0.29) is 11.8 Å². The van der Waals surface area contributed by atoms with Crippen LogP contribution in [0.1, 0.15) is 26.2 Å². The smallest absolute Gasteiger partial charge is 0.234 e. The summed E-state index contributed by atoms with van der Waals surface area (Å²) >= 11 is 1.52. The summed E-state index contributed by atoms with van der Waals surface area (Å²) in [7, 11) is 0. The van der Waals surface area contributed by atoms with Gasteiger partial charge >= 0.3 is 0 Å². The Balaban J connectivity index is 1.57. The summed E-state index contributed by atoms with van der Waals surface area (Å²) in [6.07, 6.45) is 2.84. The lowest BCUT2D eigenvalue weighted by molar-refractivity contribution is -0.117. The number of fused-ring (bicyclic) bond motifs is 1. The molecule has 5 nitrogen and oxygen atoms in total. The first kappa shape index (κ1) is 16.3. The second-order valence-electron chi connectivity index (χ2n) is 6.36. The number of carbonyl (C=O) groups excluding carboxylic acids is 2. The Kier molecular flexibility index (Phi) is 5.23. The molecule has 0 spiro atoms. The number of piperidine rings is 1. The van der Waals surface area contributed by atoms with E-state index in [1.165, 1.54) is 11.8 Å². The molecule has 6 heteroatoms. The Labute approximate surface area is 141 Å². The molecule has 2 aliphatic rings. The lowest BCUT2D eigenvalue weighted by atomic mass is 9.84. The number of thioether (sulfide) groups is 1. The standard InChI is InChI=1S/C17H23N3O2S/c1-11(12-4-6-18-7-5-12)8-16(21)19-13-2-3-15-14(9-13)20-17(22)10-23-15/h2-3,9,11-12,18H,4-8,10H2,1H3,(H,19,21)(H,20,22). The lowest BCUT2D eigenvalue weighted by Gasteiger charge is -2.28. The van der Waals surface area contributed by atoms with E-state index in [0.717, 1.165) is 42.2 Å². The Bertz CT molecular complexity index is 600. The number of amides is 2. The van der Waals surface area contributed by atoms with Crippen LogP contribution in [0.2, 0.25) is 0 Å². The maximum Gasteiger partial charge on any atom is 0.234 e. The number of benzene rings is 1. The van der Waals surface area contributed by atoms with Crippen LogP contribution in [-0.4, -0.2) is 30.7 Å². The van der Waals surface area contributed by atoms with Gasteiger partial charge in [-0.05, 0) is 56.0 Å². The molecule has 1 aromatic carbocycles. The van der Waals surface area contributed by atoms with Gasteiger partial charge in [-0.3, -0.25) is 9.59 Å². The Morgan fingerprint density at radius 1 is 1.39 bits per heavy atom. The third kappa shape index (κ3) is 4.26. The quantitative estimate of drug-likeness (QED) is 0.792. The van der Waals surface area contributed by atoms with Crippen LogP contribution in [0.25, 0.3) is 0 Å². The predicted octanol–water partition coefficient (Wildman–Crippen LogP) is 2.70. The van der Waals surface area contributed by atoms with Gasteiger partial charge in [-0.2, -0.15) is 0 Å². The van der Waals surface area contributed by atoms with E-state index < -0.39 is 0 Å².